The van der Waals surface area contributed by atoms with E-state index in [0.29, 0.717) is 0 Å². The maximum Gasteiger partial charge on any atom is 0.0462 e. The third-order valence-electron chi connectivity index (χ3n) is 1.88. The molecule has 1 heteroatoms. The van der Waals surface area contributed by atoms with E-state index >= 15 is 0 Å². The maximum absolute atomic E-state index is 4.97. The molecule has 0 aromatic carbocycles. The summed E-state index contributed by atoms with van der Waals surface area (Å²) in [5, 5.41) is 0. The van der Waals surface area contributed by atoms with Crippen LogP contribution in [0.15, 0.2) is 0 Å². The molecule has 0 spiro atoms. The minimum Gasteiger partial charge on any atom is -0.385 e. The van der Waals surface area contributed by atoms with Gasteiger partial charge in [0, 0.05) is 13.7 Å². The lowest BCUT2D eigenvalue weighted by molar-refractivity contribution is 0.193. The van der Waals surface area contributed by atoms with E-state index in [2.05, 4.69) is 13.8 Å². The summed E-state index contributed by atoms with van der Waals surface area (Å²) in [7, 11) is 1.76. The SMILES string of the molecule is CC[C](CC)CCCOC. The second-order valence-corrected chi connectivity index (χ2v) is 2.55. The first-order valence-electron chi connectivity index (χ1n) is 4.17. The van der Waals surface area contributed by atoms with Gasteiger partial charge in [-0.15, -0.1) is 0 Å². The molecule has 0 saturated heterocycles. The fourth-order valence-corrected chi connectivity index (χ4v) is 1.07. The second-order valence-electron chi connectivity index (χ2n) is 2.55. The van der Waals surface area contributed by atoms with Gasteiger partial charge in [0.1, 0.15) is 0 Å². The Balaban J connectivity index is 3.09. The number of hydrogen-bond acceptors (Lipinski definition) is 1. The van der Waals surface area contributed by atoms with Gasteiger partial charge in [-0.05, 0) is 31.6 Å². The molecule has 0 saturated carbocycles. The molecular formula is C9H19O. The third-order valence-corrected chi connectivity index (χ3v) is 1.88. The number of methoxy groups -OCH3 is 1. The van der Waals surface area contributed by atoms with Crippen molar-refractivity contribution in [3.63, 3.8) is 0 Å². The van der Waals surface area contributed by atoms with Crippen LogP contribution in [-0.2, 0) is 4.74 Å². The summed E-state index contributed by atoms with van der Waals surface area (Å²) in [5.74, 6) is 1.66. The Morgan fingerprint density at radius 2 is 1.80 bits per heavy atom. The van der Waals surface area contributed by atoms with Gasteiger partial charge in [-0.25, -0.2) is 0 Å². The topological polar surface area (TPSA) is 9.23 Å². The molecule has 0 bridgehead atoms. The molecule has 0 aromatic heterocycles. The summed E-state index contributed by atoms with van der Waals surface area (Å²) in [6, 6.07) is 0. The number of ether oxygens (including phenoxy) is 1. The molecule has 0 atom stereocenters. The van der Waals surface area contributed by atoms with Crippen molar-refractivity contribution in [1.29, 1.82) is 0 Å². The van der Waals surface area contributed by atoms with Gasteiger partial charge in [-0.2, -0.15) is 0 Å². The minimum atomic E-state index is 0.906. The van der Waals surface area contributed by atoms with E-state index in [-0.39, 0.29) is 0 Å². The molecule has 0 aliphatic carbocycles. The molecule has 0 heterocycles. The van der Waals surface area contributed by atoms with Crippen molar-refractivity contribution < 1.29 is 4.74 Å². The Hall–Kier alpha value is -0.0400. The lowest BCUT2D eigenvalue weighted by Gasteiger charge is -2.09. The Kier molecular flexibility index (Phi) is 7.04. The van der Waals surface area contributed by atoms with Crippen LogP contribution < -0.4 is 0 Å². The van der Waals surface area contributed by atoms with E-state index in [1.807, 2.05) is 0 Å². The predicted octanol–water partition coefficient (Wildman–Crippen LogP) is 2.81. The van der Waals surface area contributed by atoms with E-state index in [9.17, 15) is 0 Å². The van der Waals surface area contributed by atoms with Crippen LogP contribution in [0.3, 0.4) is 0 Å². The Morgan fingerprint density at radius 3 is 2.20 bits per heavy atom. The van der Waals surface area contributed by atoms with Gasteiger partial charge in [0.25, 0.3) is 0 Å². The van der Waals surface area contributed by atoms with Gasteiger partial charge in [-0.1, -0.05) is 13.8 Å². The zero-order chi connectivity index (χ0) is 7.82. The summed E-state index contributed by atoms with van der Waals surface area (Å²) in [6.45, 7) is 5.36. The highest BCUT2D eigenvalue weighted by Gasteiger charge is 2.01. The molecule has 0 aromatic rings. The molecule has 0 aliphatic rings. The van der Waals surface area contributed by atoms with Crippen LogP contribution in [0.25, 0.3) is 0 Å². The van der Waals surface area contributed by atoms with Crippen molar-refractivity contribution in [3.05, 3.63) is 5.92 Å². The first kappa shape index (κ1) is 9.96. The van der Waals surface area contributed by atoms with Crippen molar-refractivity contribution in [2.75, 3.05) is 13.7 Å². The summed E-state index contributed by atoms with van der Waals surface area (Å²) < 4.78 is 4.97. The Morgan fingerprint density at radius 1 is 1.20 bits per heavy atom. The normalized spacial score (nSPS) is 10.8. The van der Waals surface area contributed by atoms with Crippen molar-refractivity contribution in [1.82, 2.24) is 0 Å². The zero-order valence-electron chi connectivity index (χ0n) is 7.44. The first-order chi connectivity index (χ1) is 4.85. The second kappa shape index (κ2) is 7.07. The average molecular weight is 143 g/mol. The van der Waals surface area contributed by atoms with Crippen LogP contribution in [0.5, 0.6) is 0 Å². The molecule has 0 rings (SSSR count). The van der Waals surface area contributed by atoms with Crippen LogP contribution in [0.4, 0.5) is 0 Å². The summed E-state index contributed by atoms with van der Waals surface area (Å²) in [5.41, 5.74) is 0. The molecule has 0 unspecified atom stereocenters. The van der Waals surface area contributed by atoms with Gasteiger partial charge in [0.05, 0.1) is 0 Å². The van der Waals surface area contributed by atoms with Gasteiger partial charge in [-0.3, -0.25) is 0 Å². The molecular weight excluding hydrogens is 124 g/mol. The molecule has 1 radical (unpaired) electrons. The first-order valence-corrected chi connectivity index (χ1v) is 4.17. The third kappa shape index (κ3) is 4.80. The van der Waals surface area contributed by atoms with Crippen LogP contribution in [0, 0.1) is 5.92 Å². The monoisotopic (exact) mass is 143 g/mol. The highest BCUT2D eigenvalue weighted by molar-refractivity contribution is 4.85. The predicted molar refractivity (Wildman–Crippen MR) is 44.9 cm³/mol. The van der Waals surface area contributed by atoms with Crippen molar-refractivity contribution >= 4 is 0 Å². The molecule has 1 nitrogen and oxygen atoms in total. The van der Waals surface area contributed by atoms with E-state index in [1.165, 1.54) is 25.7 Å². The van der Waals surface area contributed by atoms with E-state index in [0.717, 1.165) is 6.61 Å². The largest absolute Gasteiger partial charge is 0.385 e. The molecule has 10 heavy (non-hydrogen) atoms. The van der Waals surface area contributed by atoms with Crippen LogP contribution in [0.1, 0.15) is 39.5 Å². The summed E-state index contributed by atoms with van der Waals surface area (Å²) >= 11 is 0. The van der Waals surface area contributed by atoms with Gasteiger partial charge < -0.3 is 4.74 Å². The van der Waals surface area contributed by atoms with Gasteiger partial charge in [0.2, 0.25) is 0 Å². The van der Waals surface area contributed by atoms with E-state index in [4.69, 9.17) is 4.74 Å². The summed E-state index contributed by atoms with van der Waals surface area (Å²) in [6.07, 6.45) is 4.91. The zero-order valence-corrected chi connectivity index (χ0v) is 7.44. The standard InChI is InChI=1S/C9H19O/c1-4-9(5-2)7-6-8-10-3/h4-8H2,1-3H3. The lowest BCUT2D eigenvalue weighted by Crippen LogP contribution is -1.96. The highest BCUT2D eigenvalue weighted by Crippen LogP contribution is 2.16. The Labute approximate surface area is 64.8 Å². The minimum absolute atomic E-state index is 0.906. The summed E-state index contributed by atoms with van der Waals surface area (Å²) in [4.78, 5) is 0. The van der Waals surface area contributed by atoms with E-state index in [1.54, 1.807) is 13.0 Å². The van der Waals surface area contributed by atoms with Crippen LogP contribution in [0.2, 0.25) is 0 Å². The quantitative estimate of drug-likeness (QED) is 0.519. The fourth-order valence-electron chi connectivity index (χ4n) is 1.07. The average Bonchev–Trinajstić information content (AvgIpc) is 1.99. The van der Waals surface area contributed by atoms with Crippen molar-refractivity contribution in [3.8, 4) is 0 Å². The molecule has 0 N–H and O–H groups in total. The van der Waals surface area contributed by atoms with E-state index < -0.39 is 0 Å². The van der Waals surface area contributed by atoms with Crippen LogP contribution >= 0.6 is 0 Å². The van der Waals surface area contributed by atoms with Crippen LogP contribution in [-0.4, -0.2) is 13.7 Å². The number of hydrogen-bond donors (Lipinski definition) is 0. The fraction of sp³-hybridized carbons (Fsp3) is 0.889. The Bertz CT molecular complexity index is 57.7. The molecule has 0 aliphatic heterocycles. The molecule has 61 valence electrons. The van der Waals surface area contributed by atoms with Gasteiger partial charge in [0.15, 0.2) is 0 Å². The lowest BCUT2D eigenvalue weighted by atomic mass is 9.98. The molecule has 0 amide bonds. The highest BCUT2D eigenvalue weighted by atomic mass is 16.5. The number of rotatable bonds is 6. The smallest absolute Gasteiger partial charge is 0.0462 e. The molecule has 0 fully saturated rings. The van der Waals surface area contributed by atoms with Crippen molar-refractivity contribution in [2.45, 2.75) is 39.5 Å². The van der Waals surface area contributed by atoms with Crippen molar-refractivity contribution in [2.24, 2.45) is 0 Å². The maximum atomic E-state index is 4.97. The van der Waals surface area contributed by atoms with Gasteiger partial charge >= 0.3 is 0 Å².